The highest BCUT2D eigenvalue weighted by Crippen LogP contribution is 2.26. The van der Waals surface area contributed by atoms with Crippen LogP contribution in [0.5, 0.6) is 0 Å². The molecule has 7 nitrogen and oxygen atoms in total. The summed E-state index contributed by atoms with van der Waals surface area (Å²) in [6.45, 7) is 8.86. The summed E-state index contributed by atoms with van der Waals surface area (Å²) in [5, 5.41) is 20.8. The maximum Gasteiger partial charge on any atom is 0.191 e. The minimum Gasteiger partial charge on any atom is -0.466 e. The van der Waals surface area contributed by atoms with Crippen molar-refractivity contribution in [1.82, 2.24) is 15.8 Å². The maximum atomic E-state index is 10.7. The van der Waals surface area contributed by atoms with Crippen LogP contribution in [-0.2, 0) is 12.1 Å². The van der Waals surface area contributed by atoms with E-state index in [0.29, 0.717) is 19.0 Å². The van der Waals surface area contributed by atoms with E-state index < -0.39 is 5.60 Å². The largest absolute Gasteiger partial charge is 0.466 e. The third-order valence-corrected chi connectivity index (χ3v) is 3.46. The second-order valence-corrected chi connectivity index (χ2v) is 5.64. The lowest BCUT2D eigenvalue weighted by Crippen LogP contribution is -2.44. The molecular weight excluding hydrogens is 423 g/mol. The Labute approximate surface area is 158 Å². The SMILES string of the molecule is CCNC(=NCc1ccon1)NCC(C)(O)c1cc(C)oc1C.I. The van der Waals surface area contributed by atoms with Crippen LogP contribution in [-0.4, -0.2) is 29.3 Å². The molecule has 2 heterocycles. The van der Waals surface area contributed by atoms with E-state index in [1.807, 2.05) is 26.8 Å². The van der Waals surface area contributed by atoms with Crippen molar-refractivity contribution in [1.29, 1.82) is 0 Å². The van der Waals surface area contributed by atoms with Gasteiger partial charge in [0, 0.05) is 18.2 Å². The summed E-state index contributed by atoms with van der Waals surface area (Å²) < 4.78 is 10.3. The number of rotatable bonds is 6. The molecule has 0 bridgehead atoms. The molecule has 0 spiro atoms. The summed E-state index contributed by atoms with van der Waals surface area (Å²) in [6, 6.07) is 3.62. The normalized spacial score (nSPS) is 14.0. The summed E-state index contributed by atoms with van der Waals surface area (Å²) in [5.41, 5.74) is 0.455. The van der Waals surface area contributed by atoms with Crippen molar-refractivity contribution in [3.63, 3.8) is 0 Å². The van der Waals surface area contributed by atoms with Crippen molar-refractivity contribution in [3.8, 4) is 0 Å². The number of nitrogens with zero attached hydrogens (tertiary/aromatic N) is 2. The number of halogens is 1. The number of hydrogen-bond donors (Lipinski definition) is 3. The molecule has 0 saturated carbocycles. The lowest BCUT2D eigenvalue weighted by Gasteiger charge is -2.24. The van der Waals surface area contributed by atoms with Gasteiger partial charge in [0.2, 0.25) is 0 Å². The first-order valence-electron chi connectivity index (χ1n) is 7.63. The van der Waals surface area contributed by atoms with Gasteiger partial charge in [0.05, 0.1) is 13.1 Å². The van der Waals surface area contributed by atoms with Gasteiger partial charge >= 0.3 is 0 Å². The van der Waals surface area contributed by atoms with Crippen molar-refractivity contribution < 1.29 is 14.0 Å². The molecule has 0 aliphatic carbocycles. The van der Waals surface area contributed by atoms with E-state index in [-0.39, 0.29) is 24.0 Å². The smallest absolute Gasteiger partial charge is 0.191 e. The van der Waals surface area contributed by atoms with Crippen LogP contribution >= 0.6 is 24.0 Å². The van der Waals surface area contributed by atoms with Gasteiger partial charge in [-0.3, -0.25) is 0 Å². The van der Waals surface area contributed by atoms with Crippen LogP contribution in [0.4, 0.5) is 0 Å². The van der Waals surface area contributed by atoms with Gasteiger partial charge in [0.1, 0.15) is 29.1 Å². The zero-order chi connectivity index (χ0) is 16.9. The number of aryl methyl sites for hydroxylation is 2. The molecule has 2 aromatic heterocycles. The summed E-state index contributed by atoms with van der Waals surface area (Å²) in [6.07, 6.45) is 1.51. The van der Waals surface area contributed by atoms with Crippen LogP contribution in [0, 0.1) is 13.8 Å². The Bertz CT molecular complexity index is 650. The molecule has 3 N–H and O–H groups in total. The minimum absolute atomic E-state index is 0. The Hall–Kier alpha value is -1.55. The number of aliphatic imine (C=N–C) groups is 1. The zero-order valence-corrected chi connectivity index (χ0v) is 16.8. The summed E-state index contributed by atoms with van der Waals surface area (Å²) in [5.74, 6) is 2.11. The third kappa shape index (κ3) is 5.52. The number of aliphatic hydroxyl groups is 1. The highest BCUT2D eigenvalue weighted by molar-refractivity contribution is 14.0. The van der Waals surface area contributed by atoms with Gasteiger partial charge in [-0.25, -0.2) is 4.99 Å². The maximum absolute atomic E-state index is 10.7. The molecular formula is C16H25IN4O3. The number of guanidine groups is 1. The molecule has 2 rings (SSSR count). The van der Waals surface area contributed by atoms with Crippen LogP contribution < -0.4 is 10.6 Å². The third-order valence-electron chi connectivity index (χ3n) is 3.46. The minimum atomic E-state index is -1.06. The Morgan fingerprint density at radius 3 is 2.67 bits per heavy atom. The lowest BCUT2D eigenvalue weighted by atomic mass is 9.96. The zero-order valence-electron chi connectivity index (χ0n) is 14.4. The van der Waals surface area contributed by atoms with E-state index in [1.54, 1.807) is 13.0 Å². The van der Waals surface area contributed by atoms with Crippen molar-refractivity contribution in [3.05, 3.63) is 41.2 Å². The highest BCUT2D eigenvalue weighted by atomic mass is 127. The quantitative estimate of drug-likeness (QED) is 0.357. The topological polar surface area (TPSA) is 95.8 Å². The van der Waals surface area contributed by atoms with E-state index in [4.69, 9.17) is 8.94 Å². The highest BCUT2D eigenvalue weighted by Gasteiger charge is 2.27. The van der Waals surface area contributed by atoms with Crippen LogP contribution in [0.1, 0.15) is 36.6 Å². The van der Waals surface area contributed by atoms with Gasteiger partial charge in [-0.15, -0.1) is 24.0 Å². The lowest BCUT2D eigenvalue weighted by molar-refractivity contribution is 0.0601. The van der Waals surface area contributed by atoms with E-state index in [1.165, 1.54) is 6.26 Å². The predicted octanol–water partition coefficient (Wildman–Crippen LogP) is 2.47. The second kappa shape index (κ2) is 9.07. The Balaban J connectivity index is 0.00000288. The van der Waals surface area contributed by atoms with E-state index in [2.05, 4.69) is 20.8 Å². The molecule has 1 unspecified atom stereocenters. The van der Waals surface area contributed by atoms with Gasteiger partial charge in [0.25, 0.3) is 0 Å². The van der Waals surface area contributed by atoms with Gasteiger partial charge in [-0.2, -0.15) is 0 Å². The van der Waals surface area contributed by atoms with Crippen molar-refractivity contribution in [2.45, 2.75) is 39.8 Å². The fraction of sp³-hybridized carbons (Fsp3) is 0.500. The average Bonchev–Trinajstić information content (AvgIpc) is 3.11. The monoisotopic (exact) mass is 448 g/mol. The molecule has 1 atom stereocenters. The standard InChI is InChI=1S/C16H24N4O3.HI/c1-5-17-15(18-9-13-6-7-22-20-13)19-10-16(4,21)14-8-11(2)23-12(14)3;/h6-8,21H,5,9-10H2,1-4H3,(H2,17,18,19);1H. The summed E-state index contributed by atoms with van der Waals surface area (Å²) >= 11 is 0. The Morgan fingerprint density at radius 2 is 2.12 bits per heavy atom. The number of aromatic nitrogens is 1. The first-order chi connectivity index (χ1) is 10.9. The van der Waals surface area contributed by atoms with Crippen molar-refractivity contribution >= 4 is 29.9 Å². The predicted molar refractivity (Wildman–Crippen MR) is 102 cm³/mol. The number of nitrogens with one attached hydrogen (secondary N) is 2. The van der Waals surface area contributed by atoms with Crippen LogP contribution in [0.25, 0.3) is 0 Å². The molecule has 8 heteroatoms. The van der Waals surface area contributed by atoms with Crippen LogP contribution in [0.15, 0.2) is 32.3 Å². The first kappa shape index (κ1) is 20.5. The van der Waals surface area contributed by atoms with Gasteiger partial charge in [-0.05, 0) is 33.8 Å². The molecule has 0 radical (unpaired) electrons. The average molecular weight is 448 g/mol. The fourth-order valence-electron chi connectivity index (χ4n) is 2.34. The van der Waals surface area contributed by atoms with Gasteiger partial charge < -0.3 is 24.7 Å². The number of hydrogen-bond acceptors (Lipinski definition) is 5. The van der Waals surface area contributed by atoms with Crippen LogP contribution in [0.3, 0.4) is 0 Å². The van der Waals surface area contributed by atoms with Gasteiger partial charge in [-0.1, -0.05) is 5.16 Å². The van der Waals surface area contributed by atoms with Gasteiger partial charge in [0.15, 0.2) is 5.96 Å². The molecule has 134 valence electrons. The van der Waals surface area contributed by atoms with Crippen molar-refractivity contribution in [2.75, 3.05) is 13.1 Å². The molecule has 0 fully saturated rings. The van der Waals surface area contributed by atoms with E-state index >= 15 is 0 Å². The molecule has 0 aliphatic heterocycles. The second-order valence-electron chi connectivity index (χ2n) is 5.64. The molecule has 24 heavy (non-hydrogen) atoms. The molecule has 0 amide bonds. The summed E-state index contributed by atoms with van der Waals surface area (Å²) in [4.78, 5) is 4.42. The summed E-state index contributed by atoms with van der Waals surface area (Å²) in [7, 11) is 0. The van der Waals surface area contributed by atoms with Crippen molar-refractivity contribution in [2.24, 2.45) is 4.99 Å². The molecule has 0 aliphatic rings. The van der Waals surface area contributed by atoms with E-state index in [9.17, 15) is 5.11 Å². The Kier molecular flexibility index (Phi) is 7.74. The number of furan rings is 1. The molecule has 0 aromatic carbocycles. The fourth-order valence-corrected chi connectivity index (χ4v) is 2.34. The first-order valence-corrected chi connectivity index (χ1v) is 7.63. The van der Waals surface area contributed by atoms with Crippen LogP contribution in [0.2, 0.25) is 0 Å². The molecule has 2 aromatic rings. The molecule has 0 saturated heterocycles. The Morgan fingerprint density at radius 1 is 1.38 bits per heavy atom. The van der Waals surface area contributed by atoms with E-state index in [0.717, 1.165) is 29.3 Å².